The summed E-state index contributed by atoms with van der Waals surface area (Å²) in [5.41, 5.74) is 0.432. The number of nitrogens with one attached hydrogen (secondary N) is 1. The third-order valence-corrected chi connectivity index (χ3v) is 4.66. The molecule has 0 aromatic heterocycles. The molecular formula is C16H34N2. The molecule has 0 amide bonds. The molecule has 108 valence electrons. The average Bonchev–Trinajstić information content (AvgIpc) is 2.40. The van der Waals surface area contributed by atoms with Gasteiger partial charge in [-0.05, 0) is 44.7 Å². The van der Waals surface area contributed by atoms with Gasteiger partial charge in [-0.1, -0.05) is 40.0 Å². The standard InChI is InChI=1S/C16H34N2/c1-5-12-17-13-16(3,6-2)14-18(4)15-10-8-7-9-11-15/h15,17H,5-14H2,1-4H3. The highest BCUT2D eigenvalue weighted by atomic mass is 15.1. The van der Waals surface area contributed by atoms with Crippen molar-refractivity contribution in [3.05, 3.63) is 0 Å². The molecule has 1 fully saturated rings. The molecule has 1 aliphatic carbocycles. The fourth-order valence-corrected chi connectivity index (χ4v) is 3.11. The van der Waals surface area contributed by atoms with E-state index in [-0.39, 0.29) is 0 Å². The maximum absolute atomic E-state index is 3.61. The van der Waals surface area contributed by atoms with Crippen LogP contribution in [-0.4, -0.2) is 37.6 Å². The van der Waals surface area contributed by atoms with Gasteiger partial charge in [-0.25, -0.2) is 0 Å². The summed E-state index contributed by atoms with van der Waals surface area (Å²) in [6.07, 6.45) is 9.65. The Labute approximate surface area is 115 Å². The highest BCUT2D eigenvalue weighted by Gasteiger charge is 2.27. The van der Waals surface area contributed by atoms with E-state index in [1.165, 1.54) is 51.5 Å². The molecule has 1 atom stereocenters. The van der Waals surface area contributed by atoms with Crippen LogP contribution in [-0.2, 0) is 0 Å². The van der Waals surface area contributed by atoms with Gasteiger partial charge < -0.3 is 10.2 Å². The smallest absolute Gasteiger partial charge is 0.00924 e. The normalized spacial score (nSPS) is 21.2. The topological polar surface area (TPSA) is 15.3 Å². The van der Waals surface area contributed by atoms with Crippen LogP contribution in [0, 0.1) is 5.41 Å². The van der Waals surface area contributed by atoms with Crippen LogP contribution in [0.3, 0.4) is 0 Å². The minimum Gasteiger partial charge on any atom is -0.316 e. The van der Waals surface area contributed by atoms with E-state index in [4.69, 9.17) is 0 Å². The molecular weight excluding hydrogens is 220 g/mol. The lowest BCUT2D eigenvalue weighted by atomic mass is 9.85. The molecule has 0 saturated heterocycles. The minimum absolute atomic E-state index is 0.432. The Kier molecular flexibility index (Phi) is 7.25. The lowest BCUT2D eigenvalue weighted by Gasteiger charge is -2.38. The van der Waals surface area contributed by atoms with Crippen LogP contribution in [0.2, 0.25) is 0 Å². The molecule has 0 aliphatic heterocycles. The van der Waals surface area contributed by atoms with E-state index < -0.39 is 0 Å². The zero-order valence-corrected chi connectivity index (χ0v) is 13.1. The first-order chi connectivity index (χ1) is 8.61. The molecule has 1 rings (SSSR count). The van der Waals surface area contributed by atoms with Crippen LogP contribution in [0.5, 0.6) is 0 Å². The molecule has 0 radical (unpaired) electrons. The van der Waals surface area contributed by atoms with Gasteiger partial charge in [-0.2, -0.15) is 0 Å². The number of nitrogens with zero attached hydrogens (tertiary/aromatic N) is 1. The van der Waals surface area contributed by atoms with Crippen molar-refractivity contribution < 1.29 is 0 Å². The first kappa shape index (κ1) is 16.0. The molecule has 0 aromatic carbocycles. The van der Waals surface area contributed by atoms with Crippen molar-refractivity contribution in [2.75, 3.05) is 26.7 Å². The maximum Gasteiger partial charge on any atom is 0.00924 e. The summed E-state index contributed by atoms with van der Waals surface area (Å²) in [7, 11) is 2.34. The summed E-state index contributed by atoms with van der Waals surface area (Å²) in [6, 6.07) is 0.843. The highest BCUT2D eigenvalue weighted by Crippen LogP contribution is 2.27. The predicted molar refractivity (Wildman–Crippen MR) is 81.1 cm³/mol. The largest absolute Gasteiger partial charge is 0.316 e. The zero-order valence-electron chi connectivity index (χ0n) is 13.1. The molecule has 1 N–H and O–H groups in total. The second kappa shape index (κ2) is 8.16. The van der Waals surface area contributed by atoms with Gasteiger partial charge in [0.15, 0.2) is 0 Å². The van der Waals surface area contributed by atoms with E-state index in [0.29, 0.717) is 5.41 Å². The molecule has 2 heteroatoms. The minimum atomic E-state index is 0.432. The summed E-state index contributed by atoms with van der Waals surface area (Å²) >= 11 is 0. The Balaban J connectivity index is 2.39. The predicted octanol–water partition coefficient (Wildman–Crippen LogP) is 3.67. The molecule has 0 heterocycles. The Morgan fingerprint density at radius 3 is 2.39 bits per heavy atom. The quantitative estimate of drug-likeness (QED) is 0.665. The van der Waals surface area contributed by atoms with E-state index in [9.17, 15) is 0 Å². The second-order valence-electron chi connectivity index (χ2n) is 6.55. The summed E-state index contributed by atoms with van der Waals surface area (Å²) in [4.78, 5) is 2.64. The maximum atomic E-state index is 3.61. The number of hydrogen-bond donors (Lipinski definition) is 1. The molecule has 1 unspecified atom stereocenters. The van der Waals surface area contributed by atoms with Crippen LogP contribution in [0.4, 0.5) is 0 Å². The van der Waals surface area contributed by atoms with E-state index in [1.807, 2.05) is 0 Å². The monoisotopic (exact) mass is 254 g/mol. The summed E-state index contributed by atoms with van der Waals surface area (Å²) in [5.74, 6) is 0. The molecule has 1 saturated carbocycles. The number of rotatable bonds is 8. The van der Waals surface area contributed by atoms with Gasteiger partial charge in [0, 0.05) is 19.1 Å². The van der Waals surface area contributed by atoms with Crippen molar-refractivity contribution in [3.63, 3.8) is 0 Å². The Morgan fingerprint density at radius 1 is 1.17 bits per heavy atom. The van der Waals surface area contributed by atoms with Gasteiger partial charge in [-0.3, -0.25) is 0 Å². The van der Waals surface area contributed by atoms with E-state index in [1.54, 1.807) is 0 Å². The van der Waals surface area contributed by atoms with Crippen molar-refractivity contribution in [1.82, 2.24) is 10.2 Å². The van der Waals surface area contributed by atoms with E-state index in [0.717, 1.165) is 19.1 Å². The summed E-state index contributed by atoms with van der Waals surface area (Å²) in [6.45, 7) is 10.6. The summed E-state index contributed by atoms with van der Waals surface area (Å²) < 4.78 is 0. The lowest BCUT2D eigenvalue weighted by molar-refractivity contribution is 0.118. The zero-order chi connectivity index (χ0) is 13.4. The molecule has 1 aliphatic rings. The fourth-order valence-electron chi connectivity index (χ4n) is 3.11. The molecule has 0 bridgehead atoms. The van der Waals surface area contributed by atoms with Crippen LogP contribution < -0.4 is 5.32 Å². The Hall–Kier alpha value is -0.0800. The molecule has 0 spiro atoms. The van der Waals surface area contributed by atoms with Crippen molar-refractivity contribution in [2.45, 2.75) is 71.8 Å². The van der Waals surface area contributed by atoms with Crippen molar-refractivity contribution in [3.8, 4) is 0 Å². The third-order valence-electron chi connectivity index (χ3n) is 4.66. The molecule has 18 heavy (non-hydrogen) atoms. The van der Waals surface area contributed by atoms with Gasteiger partial charge in [0.1, 0.15) is 0 Å². The third kappa shape index (κ3) is 5.27. The van der Waals surface area contributed by atoms with Gasteiger partial charge >= 0.3 is 0 Å². The van der Waals surface area contributed by atoms with Gasteiger partial charge in [0.05, 0.1) is 0 Å². The van der Waals surface area contributed by atoms with Crippen molar-refractivity contribution >= 4 is 0 Å². The molecule has 0 aromatic rings. The Bertz CT molecular complexity index is 211. The second-order valence-corrected chi connectivity index (χ2v) is 6.55. The van der Waals surface area contributed by atoms with Gasteiger partial charge in [0.25, 0.3) is 0 Å². The van der Waals surface area contributed by atoms with E-state index in [2.05, 4.69) is 38.0 Å². The van der Waals surface area contributed by atoms with Gasteiger partial charge in [0.2, 0.25) is 0 Å². The Morgan fingerprint density at radius 2 is 1.83 bits per heavy atom. The van der Waals surface area contributed by atoms with Gasteiger partial charge in [-0.15, -0.1) is 0 Å². The van der Waals surface area contributed by atoms with E-state index >= 15 is 0 Å². The average molecular weight is 254 g/mol. The first-order valence-electron chi connectivity index (χ1n) is 8.02. The van der Waals surface area contributed by atoms with Crippen molar-refractivity contribution in [1.29, 1.82) is 0 Å². The van der Waals surface area contributed by atoms with Crippen LogP contribution >= 0.6 is 0 Å². The number of hydrogen-bond acceptors (Lipinski definition) is 2. The summed E-state index contributed by atoms with van der Waals surface area (Å²) in [5, 5.41) is 3.61. The van der Waals surface area contributed by atoms with Crippen molar-refractivity contribution in [2.24, 2.45) is 5.41 Å². The van der Waals surface area contributed by atoms with Crippen LogP contribution in [0.1, 0.15) is 65.7 Å². The van der Waals surface area contributed by atoms with Crippen LogP contribution in [0.25, 0.3) is 0 Å². The fraction of sp³-hybridized carbons (Fsp3) is 1.00. The first-order valence-corrected chi connectivity index (χ1v) is 8.02. The highest BCUT2D eigenvalue weighted by molar-refractivity contribution is 4.82. The lowest BCUT2D eigenvalue weighted by Crippen LogP contribution is -2.45. The molecule has 2 nitrogen and oxygen atoms in total. The van der Waals surface area contributed by atoms with Crippen LogP contribution in [0.15, 0.2) is 0 Å². The SMILES string of the molecule is CCCNCC(C)(CC)CN(C)C1CCCCC1.